The van der Waals surface area contributed by atoms with Gasteiger partial charge in [-0.15, -0.1) is 0 Å². The van der Waals surface area contributed by atoms with Gasteiger partial charge in [-0.25, -0.2) is 4.98 Å². The zero-order valence-electron chi connectivity index (χ0n) is 9.96. The first-order valence-corrected chi connectivity index (χ1v) is 5.54. The minimum Gasteiger partial charge on any atom is -0.370 e. The number of rotatable bonds is 5. The molecule has 0 aliphatic carbocycles. The first-order valence-electron chi connectivity index (χ1n) is 5.54. The van der Waals surface area contributed by atoms with Gasteiger partial charge in [0.05, 0.1) is 5.69 Å². The van der Waals surface area contributed by atoms with Crippen LogP contribution in [0.1, 0.15) is 39.3 Å². The van der Waals surface area contributed by atoms with Crippen LogP contribution in [0.2, 0.25) is 0 Å². The van der Waals surface area contributed by atoms with Gasteiger partial charge in [-0.2, -0.15) is 4.98 Å². The Labute approximate surface area is 91.5 Å². The van der Waals surface area contributed by atoms with E-state index in [-0.39, 0.29) is 0 Å². The van der Waals surface area contributed by atoms with E-state index in [0.29, 0.717) is 11.9 Å². The minimum atomic E-state index is 0.419. The highest BCUT2D eigenvalue weighted by atomic mass is 15.1. The van der Waals surface area contributed by atoms with E-state index in [2.05, 4.69) is 41.4 Å². The summed E-state index contributed by atoms with van der Waals surface area (Å²) in [5, 5.41) is 6.35. The molecular weight excluding hydrogens is 188 g/mol. The average Bonchev–Trinajstić information content (AvgIpc) is 2.18. The molecule has 84 valence electrons. The van der Waals surface area contributed by atoms with E-state index >= 15 is 0 Å². The summed E-state index contributed by atoms with van der Waals surface area (Å²) in [4.78, 5) is 8.80. The van der Waals surface area contributed by atoms with Crippen molar-refractivity contribution in [1.29, 1.82) is 0 Å². The summed E-state index contributed by atoms with van der Waals surface area (Å²) in [6.07, 6.45) is 0. The lowest BCUT2D eigenvalue weighted by Gasteiger charge is -2.11. The molecule has 1 heterocycles. The third-order valence-electron chi connectivity index (χ3n) is 2.03. The van der Waals surface area contributed by atoms with Crippen molar-refractivity contribution in [1.82, 2.24) is 9.97 Å². The maximum Gasteiger partial charge on any atom is 0.224 e. The summed E-state index contributed by atoms with van der Waals surface area (Å²) < 4.78 is 0. The summed E-state index contributed by atoms with van der Waals surface area (Å²) >= 11 is 0. The molecule has 15 heavy (non-hydrogen) atoms. The third kappa shape index (κ3) is 3.38. The van der Waals surface area contributed by atoms with Crippen LogP contribution in [0.15, 0.2) is 6.07 Å². The van der Waals surface area contributed by atoms with Crippen LogP contribution >= 0.6 is 0 Å². The molecule has 0 unspecified atom stereocenters. The number of anilines is 2. The van der Waals surface area contributed by atoms with Gasteiger partial charge in [0.25, 0.3) is 0 Å². The van der Waals surface area contributed by atoms with Gasteiger partial charge >= 0.3 is 0 Å². The second-order valence-electron chi connectivity index (χ2n) is 3.72. The predicted molar refractivity (Wildman–Crippen MR) is 64.4 cm³/mol. The van der Waals surface area contributed by atoms with Gasteiger partial charge in [-0.1, -0.05) is 13.8 Å². The van der Waals surface area contributed by atoms with Crippen LogP contribution in [0, 0.1) is 0 Å². The molecule has 0 saturated heterocycles. The Hall–Kier alpha value is -1.32. The lowest BCUT2D eigenvalue weighted by Crippen LogP contribution is -2.08. The Morgan fingerprint density at radius 3 is 2.33 bits per heavy atom. The van der Waals surface area contributed by atoms with Crippen molar-refractivity contribution < 1.29 is 0 Å². The van der Waals surface area contributed by atoms with Crippen LogP contribution in [-0.2, 0) is 0 Å². The quantitative estimate of drug-likeness (QED) is 0.780. The Balaban J connectivity index is 2.97. The molecule has 0 spiro atoms. The molecule has 0 fully saturated rings. The van der Waals surface area contributed by atoms with Gasteiger partial charge in [0.2, 0.25) is 5.95 Å². The molecular formula is C11H20N4. The molecule has 0 atom stereocenters. The number of aromatic nitrogens is 2. The molecule has 0 radical (unpaired) electrons. The highest BCUT2D eigenvalue weighted by Gasteiger charge is 2.06. The first-order chi connectivity index (χ1) is 7.17. The zero-order chi connectivity index (χ0) is 11.3. The maximum absolute atomic E-state index is 4.44. The fourth-order valence-electron chi connectivity index (χ4n) is 1.27. The number of hydrogen-bond acceptors (Lipinski definition) is 4. The molecule has 4 heteroatoms. The maximum atomic E-state index is 4.44. The molecule has 1 aromatic rings. The fourth-order valence-corrected chi connectivity index (χ4v) is 1.27. The number of nitrogens with one attached hydrogen (secondary N) is 2. The van der Waals surface area contributed by atoms with Crippen LogP contribution in [-0.4, -0.2) is 23.1 Å². The molecule has 1 rings (SSSR count). The van der Waals surface area contributed by atoms with Crippen molar-refractivity contribution in [2.24, 2.45) is 0 Å². The lowest BCUT2D eigenvalue weighted by molar-refractivity contribution is 0.814. The van der Waals surface area contributed by atoms with Gasteiger partial charge in [-0.3, -0.25) is 0 Å². The van der Waals surface area contributed by atoms with Crippen molar-refractivity contribution in [3.63, 3.8) is 0 Å². The Morgan fingerprint density at radius 2 is 1.80 bits per heavy atom. The summed E-state index contributed by atoms with van der Waals surface area (Å²) in [5.74, 6) is 2.02. The molecule has 4 nitrogen and oxygen atoms in total. The van der Waals surface area contributed by atoms with E-state index in [4.69, 9.17) is 0 Å². The monoisotopic (exact) mass is 208 g/mol. The van der Waals surface area contributed by atoms with Gasteiger partial charge in [0.15, 0.2) is 0 Å². The number of hydrogen-bond donors (Lipinski definition) is 2. The van der Waals surface area contributed by atoms with Crippen molar-refractivity contribution >= 4 is 11.8 Å². The Morgan fingerprint density at radius 1 is 1.13 bits per heavy atom. The fraction of sp³-hybridized carbons (Fsp3) is 0.636. The van der Waals surface area contributed by atoms with E-state index in [1.807, 2.05) is 13.0 Å². The first kappa shape index (κ1) is 11.8. The van der Waals surface area contributed by atoms with Crippen molar-refractivity contribution in [2.75, 3.05) is 23.7 Å². The lowest BCUT2D eigenvalue weighted by atomic mass is 10.1. The normalized spacial score (nSPS) is 10.5. The van der Waals surface area contributed by atoms with Gasteiger partial charge in [0, 0.05) is 19.2 Å². The molecule has 0 aromatic carbocycles. The second-order valence-corrected chi connectivity index (χ2v) is 3.72. The van der Waals surface area contributed by atoms with Gasteiger partial charge < -0.3 is 10.6 Å². The zero-order valence-corrected chi connectivity index (χ0v) is 9.96. The standard InChI is InChI=1S/C11H20N4/c1-5-12-10-7-9(8(3)4)14-11(15-10)13-6-2/h7-8H,5-6H2,1-4H3,(H2,12,13,14,15). The van der Waals surface area contributed by atoms with Crippen molar-refractivity contribution in [3.05, 3.63) is 11.8 Å². The molecule has 0 aliphatic rings. The van der Waals surface area contributed by atoms with Crippen LogP contribution in [0.5, 0.6) is 0 Å². The molecule has 0 bridgehead atoms. The second kappa shape index (κ2) is 5.53. The Bertz CT molecular complexity index is 285. The highest BCUT2D eigenvalue weighted by molar-refractivity contribution is 5.42. The van der Waals surface area contributed by atoms with Crippen molar-refractivity contribution in [3.8, 4) is 0 Å². The van der Waals surface area contributed by atoms with Gasteiger partial charge in [0.1, 0.15) is 5.82 Å². The largest absolute Gasteiger partial charge is 0.370 e. The van der Waals surface area contributed by atoms with E-state index in [1.165, 1.54) is 0 Å². The minimum absolute atomic E-state index is 0.419. The highest BCUT2D eigenvalue weighted by Crippen LogP contribution is 2.17. The van der Waals surface area contributed by atoms with E-state index in [9.17, 15) is 0 Å². The SMILES string of the molecule is CCNc1cc(C(C)C)nc(NCC)n1. The third-order valence-corrected chi connectivity index (χ3v) is 2.03. The molecule has 1 aromatic heterocycles. The summed E-state index contributed by atoms with van der Waals surface area (Å²) in [6, 6.07) is 2.01. The van der Waals surface area contributed by atoms with Gasteiger partial charge in [-0.05, 0) is 19.8 Å². The predicted octanol–water partition coefficient (Wildman–Crippen LogP) is 2.46. The average molecular weight is 208 g/mol. The topological polar surface area (TPSA) is 49.8 Å². The smallest absolute Gasteiger partial charge is 0.224 e. The van der Waals surface area contributed by atoms with E-state index in [1.54, 1.807) is 0 Å². The Kier molecular flexibility index (Phi) is 4.34. The number of nitrogens with zero attached hydrogens (tertiary/aromatic N) is 2. The molecule has 0 aliphatic heterocycles. The van der Waals surface area contributed by atoms with Crippen LogP contribution in [0.3, 0.4) is 0 Å². The molecule has 0 amide bonds. The molecule has 2 N–H and O–H groups in total. The van der Waals surface area contributed by atoms with E-state index in [0.717, 1.165) is 24.6 Å². The van der Waals surface area contributed by atoms with Crippen LogP contribution in [0.25, 0.3) is 0 Å². The summed E-state index contributed by atoms with van der Waals surface area (Å²) in [7, 11) is 0. The van der Waals surface area contributed by atoms with Crippen LogP contribution in [0.4, 0.5) is 11.8 Å². The molecule has 0 saturated carbocycles. The van der Waals surface area contributed by atoms with Crippen molar-refractivity contribution in [2.45, 2.75) is 33.6 Å². The summed E-state index contributed by atoms with van der Waals surface area (Å²) in [6.45, 7) is 10.1. The van der Waals surface area contributed by atoms with Crippen LogP contribution < -0.4 is 10.6 Å². The summed E-state index contributed by atoms with van der Waals surface area (Å²) in [5.41, 5.74) is 1.07. The van der Waals surface area contributed by atoms with E-state index < -0.39 is 0 Å².